The molecule has 14 heavy (non-hydrogen) atoms. The standard InChI is InChI=1S/C8H16BrNO3S/c1-6(4-9)7(2)10-8(11)5-14(3,12)13/h6-7H,4-5H2,1-3H3,(H,10,11). The molecule has 84 valence electrons. The van der Waals surface area contributed by atoms with E-state index in [4.69, 9.17) is 0 Å². The van der Waals surface area contributed by atoms with Gasteiger partial charge in [-0.15, -0.1) is 0 Å². The van der Waals surface area contributed by atoms with E-state index in [0.29, 0.717) is 0 Å². The summed E-state index contributed by atoms with van der Waals surface area (Å²) >= 11 is 3.30. The minimum absolute atomic E-state index is 0.0244. The molecule has 0 aliphatic carbocycles. The van der Waals surface area contributed by atoms with E-state index in [1.807, 2.05) is 13.8 Å². The molecule has 0 aromatic heterocycles. The van der Waals surface area contributed by atoms with Crippen LogP contribution in [0.4, 0.5) is 0 Å². The number of nitrogens with one attached hydrogen (secondary N) is 1. The molecular weight excluding hydrogens is 270 g/mol. The van der Waals surface area contributed by atoms with Crippen molar-refractivity contribution in [2.75, 3.05) is 17.3 Å². The van der Waals surface area contributed by atoms with E-state index in [0.717, 1.165) is 11.6 Å². The maximum atomic E-state index is 11.2. The van der Waals surface area contributed by atoms with Crippen molar-refractivity contribution < 1.29 is 13.2 Å². The average Bonchev–Trinajstić information content (AvgIpc) is 1.99. The van der Waals surface area contributed by atoms with Crippen LogP contribution >= 0.6 is 15.9 Å². The third kappa shape index (κ3) is 6.37. The number of carbonyl (C=O) groups is 1. The number of hydrogen-bond acceptors (Lipinski definition) is 3. The highest BCUT2D eigenvalue weighted by Gasteiger charge is 2.16. The van der Waals surface area contributed by atoms with Crippen LogP contribution in [0.15, 0.2) is 0 Å². The zero-order valence-electron chi connectivity index (χ0n) is 8.58. The molecular formula is C8H16BrNO3S. The molecule has 6 heteroatoms. The Bertz CT molecular complexity index is 289. The van der Waals surface area contributed by atoms with Crippen LogP contribution in [0.2, 0.25) is 0 Å². The second-order valence-electron chi connectivity index (χ2n) is 3.56. The number of amides is 1. The van der Waals surface area contributed by atoms with Crippen LogP contribution in [0.3, 0.4) is 0 Å². The molecule has 1 N–H and O–H groups in total. The lowest BCUT2D eigenvalue weighted by Crippen LogP contribution is -2.40. The molecule has 0 radical (unpaired) electrons. The molecule has 0 rings (SSSR count). The second kappa shape index (κ2) is 5.70. The lowest BCUT2D eigenvalue weighted by molar-refractivity contribution is -0.119. The summed E-state index contributed by atoms with van der Waals surface area (Å²) in [5, 5.41) is 3.41. The topological polar surface area (TPSA) is 63.2 Å². The highest BCUT2D eigenvalue weighted by atomic mass is 79.9. The fraction of sp³-hybridized carbons (Fsp3) is 0.875. The maximum absolute atomic E-state index is 11.2. The Kier molecular flexibility index (Phi) is 5.66. The normalized spacial score (nSPS) is 16.0. The number of halogens is 1. The average molecular weight is 286 g/mol. The quantitative estimate of drug-likeness (QED) is 0.751. The summed E-state index contributed by atoms with van der Waals surface area (Å²) < 4.78 is 21.6. The van der Waals surface area contributed by atoms with Crippen molar-refractivity contribution in [2.24, 2.45) is 5.92 Å². The van der Waals surface area contributed by atoms with Crippen LogP contribution < -0.4 is 5.32 Å². The van der Waals surface area contributed by atoms with Gasteiger partial charge < -0.3 is 5.32 Å². The minimum atomic E-state index is -3.23. The lowest BCUT2D eigenvalue weighted by Gasteiger charge is -2.18. The first-order chi connectivity index (χ1) is 6.26. The zero-order chi connectivity index (χ0) is 11.4. The monoisotopic (exact) mass is 285 g/mol. The fourth-order valence-electron chi connectivity index (χ4n) is 0.810. The lowest BCUT2D eigenvalue weighted by atomic mass is 10.1. The highest BCUT2D eigenvalue weighted by molar-refractivity contribution is 9.09. The zero-order valence-corrected chi connectivity index (χ0v) is 11.0. The molecule has 2 unspecified atom stereocenters. The van der Waals surface area contributed by atoms with E-state index in [1.54, 1.807) is 0 Å². The summed E-state index contributed by atoms with van der Waals surface area (Å²) in [5.74, 6) is -0.599. The Morgan fingerprint density at radius 1 is 1.43 bits per heavy atom. The van der Waals surface area contributed by atoms with Crippen molar-refractivity contribution in [2.45, 2.75) is 19.9 Å². The molecule has 0 aliphatic heterocycles. The van der Waals surface area contributed by atoms with Crippen molar-refractivity contribution in [3.05, 3.63) is 0 Å². The van der Waals surface area contributed by atoms with Gasteiger partial charge in [0.25, 0.3) is 0 Å². The first kappa shape index (κ1) is 13.9. The third-order valence-electron chi connectivity index (χ3n) is 1.88. The summed E-state index contributed by atoms with van der Waals surface area (Å²) in [4.78, 5) is 11.2. The van der Waals surface area contributed by atoms with E-state index < -0.39 is 21.5 Å². The second-order valence-corrected chi connectivity index (χ2v) is 6.35. The number of rotatable bonds is 5. The molecule has 0 aromatic rings. The number of sulfone groups is 1. The van der Waals surface area contributed by atoms with Crippen LogP contribution in [-0.2, 0) is 14.6 Å². The maximum Gasteiger partial charge on any atom is 0.235 e. The highest BCUT2D eigenvalue weighted by Crippen LogP contribution is 2.05. The van der Waals surface area contributed by atoms with Gasteiger partial charge in [-0.2, -0.15) is 0 Å². The van der Waals surface area contributed by atoms with Gasteiger partial charge in [0.2, 0.25) is 5.91 Å². The van der Waals surface area contributed by atoms with Crippen molar-refractivity contribution >= 4 is 31.7 Å². The molecule has 0 saturated carbocycles. The Morgan fingerprint density at radius 2 is 1.93 bits per heavy atom. The van der Waals surface area contributed by atoms with Crippen LogP contribution in [0.25, 0.3) is 0 Å². The van der Waals surface area contributed by atoms with Gasteiger partial charge in [-0.05, 0) is 12.8 Å². The minimum Gasteiger partial charge on any atom is -0.352 e. The van der Waals surface area contributed by atoms with Crippen molar-refractivity contribution in [1.82, 2.24) is 5.32 Å². The predicted octanol–water partition coefficient (Wildman–Crippen LogP) is 0.567. The van der Waals surface area contributed by atoms with Gasteiger partial charge in [0.15, 0.2) is 9.84 Å². The van der Waals surface area contributed by atoms with Gasteiger partial charge >= 0.3 is 0 Å². The molecule has 0 aromatic carbocycles. The van der Waals surface area contributed by atoms with Gasteiger partial charge in [-0.1, -0.05) is 22.9 Å². The fourth-order valence-corrected chi connectivity index (χ4v) is 1.93. The first-order valence-corrected chi connectivity index (χ1v) is 7.47. The molecule has 2 atom stereocenters. The van der Waals surface area contributed by atoms with Gasteiger partial charge in [0.1, 0.15) is 5.75 Å². The predicted molar refractivity (Wildman–Crippen MR) is 60.3 cm³/mol. The first-order valence-electron chi connectivity index (χ1n) is 4.29. The Morgan fingerprint density at radius 3 is 2.29 bits per heavy atom. The molecule has 1 amide bonds. The number of hydrogen-bond donors (Lipinski definition) is 1. The Labute approximate surface area is 93.5 Å². The SMILES string of the molecule is CC(CBr)C(C)NC(=O)CS(C)(=O)=O. The van der Waals surface area contributed by atoms with Gasteiger partial charge in [0.05, 0.1) is 0 Å². The van der Waals surface area contributed by atoms with Crippen LogP contribution in [-0.4, -0.2) is 37.7 Å². The molecule has 0 spiro atoms. The molecule has 0 fully saturated rings. The Balaban J connectivity index is 4.08. The van der Waals surface area contributed by atoms with E-state index in [-0.39, 0.29) is 12.0 Å². The van der Waals surface area contributed by atoms with E-state index >= 15 is 0 Å². The van der Waals surface area contributed by atoms with Gasteiger partial charge in [0, 0.05) is 17.6 Å². The largest absolute Gasteiger partial charge is 0.352 e. The number of alkyl halides is 1. The Hall–Kier alpha value is -0.100. The summed E-state index contributed by atoms with van der Waals surface area (Å²) in [6, 6.07) is -0.0244. The molecule has 0 aliphatic rings. The molecule has 4 nitrogen and oxygen atoms in total. The van der Waals surface area contributed by atoms with Crippen LogP contribution in [0.1, 0.15) is 13.8 Å². The van der Waals surface area contributed by atoms with E-state index in [1.165, 1.54) is 0 Å². The molecule has 0 saturated heterocycles. The summed E-state index contributed by atoms with van der Waals surface area (Å²) in [6.07, 6.45) is 1.05. The van der Waals surface area contributed by atoms with Gasteiger partial charge in [-0.25, -0.2) is 8.42 Å². The molecule has 0 bridgehead atoms. The molecule has 0 heterocycles. The summed E-state index contributed by atoms with van der Waals surface area (Å²) in [6.45, 7) is 3.83. The van der Waals surface area contributed by atoms with E-state index in [2.05, 4.69) is 21.2 Å². The van der Waals surface area contributed by atoms with E-state index in [9.17, 15) is 13.2 Å². The van der Waals surface area contributed by atoms with Crippen molar-refractivity contribution in [1.29, 1.82) is 0 Å². The summed E-state index contributed by atoms with van der Waals surface area (Å²) in [7, 11) is -3.23. The van der Waals surface area contributed by atoms with Crippen LogP contribution in [0, 0.1) is 5.92 Å². The summed E-state index contributed by atoms with van der Waals surface area (Å²) in [5.41, 5.74) is 0. The van der Waals surface area contributed by atoms with Crippen molar-refractivity contribution in [3.8, 4) is 0 Å². The third-order valence-corrected chi connectivity index (χ3v) is 3.69. The number of carbonyl (C=O) groups excluding carboxylic acids is 1. The smallest absolute Gasteiger partial charge is 0.235 e. The van der Waals surface area contributed by atoms with Gasteiger partial charge in [-0.3, -0.25) is 4.79 Å². The van der Waals surface area contributed by atoms with Crippen LogP contribution in [0.5, 0.6) is 0 Å². The van der Waals surface area contributed by atoms with Crippen molar-refractivity contribution in [3.63, 3.8) is 0 Å².